The van der Waals surface area contributed by atoms with E-state index in [1.165, 1.54) is 10.4 Å². The number of benzene rings is 2. The first-order chi connectivity index (χ1) is 17.5. The van der Waals surface area contributed by atoms with Gasteiger partial charge < -0.3 is 8.85 Å². The smallest absolute Gasteiger partial charge is 0.231 e. The molecule has 0 radical (unpaired) electrons. The summed E-state index contributed by atoms with van der Waals surface area (Å²) >= 11 is 0. The molecule has 0 atom stereocenters. The molecule has 0 aromatic heterocycles. The van der Waals surface area contributed by atoms with Crippen molar-refractivity contribution in [2.45, 2.75) is 38.0 Å². The van der Waals surface area contributed by atoms with E-state index < -0.39 is 16.6 Å². The topological polar surface area (TPSA) is 18.5 Å². The Hall–Kier alpha value is -2.95. The summed E-state index contributed by atoms with van der Waals surface area (Å²) < 4.78 is 12.6. The molecule has 0 heterocycles. The number of hydrogen-bond acceptors (Lipinski definition) is 2. The molecule has 0 aliphatic rings. The summed E-state index contributed by atoms with van der Waals surface area (Å²) in [5.74, 6) is 6.40. The summed E-state index contributed by atoms with van der Waals surface area (Å²) in [5, 5.41) is 2.52. The van der Waals surface area contributed by atoms with Crippen LogP contribution in [-0.4, -0.2) is 29.8 Å². The SMILES string of the molecule is C=CC[Si](CC=C)(OCC)c1ccc(C#C/C=C\c2ccc([Si](CC=C)(CC=C)OCC)cc2)cc1. The quantitative estimate of drug-likeness (QED) is 0.147. The minimum Gasteiger partial charge on any atom is -0.412 e. The van der Waals surface area contributed by atoms with E-state index in [0.29, 0.717) is 13.2 Å². The monoisotopic (exact) mass is 512 g/mol. The molecule has 0 fully saturated rings. The van der Waals surface area contributed by atoms with Crippen LogP contribution in [0.2, 0.25) is 24.2 Å². The second kappa shape index (κ2) is 15.2. The van der Waals surface area contributed by atoms with E-state index in [-0.39, 0.29) is 0 Å². The molecule has 0 aliphatic carbocycles. The lowest BCUT2D eigenvalue weighted by Gasteiger charge is -2.29. The van der Waals surface area contributed by atoms with E-state index in [0.717, 1.165) is 35.3 Å². The third-order valence-corrected chi connectivity index (χ3v) is 14.4. The summed E-state index contributed by atoms with van der Waals surface area (Å²) in [7, 11) is -4.24. The van der Waals surface area contributed by atoms with E-state index in [2.05, 4.69) is 93.6 Å². The Morgan fingerprint density at radius 1 is 0.667 bits per heavy atom. The standard InChI is InChI=1S/C32H40O2Si2/c1-7-25-35(26-8-2,33-11-5)31-21-17-29(18-22-31)15-13-14-16-30-19-23-32(24-20-30)36(27-9-3,28-10-4)34-12-6/h7-10,13,15,17-24H,1-4,11-12,25-28H2,5-6H3/b15-13-. The van der Waals surface area contributed by atoms with E-state index in [1.54, 1.807) is 0 Å². The third kappa shape index (κ3) is 7.78. The van der Waals surface area contributed by atoms with Gasteiger partial charge in [0.05, 0.1) is 0 Å². The molecule has 0 amide bonds. The third-order valence-electron chi connectivity index (χ3n) is 6.16. The average molecular weight is 513 g/mol. The Morgan fingerprint density at radius 3 is 1.47 bits per heavy atom. The lowest BCUT2D eigenvalue weighted by molar-refractivity contribution is 0.333. The van der Waals surface area contributed by atoms with Crippen LogP contribution in [0.3, 0.4) is 0 Å². The van der Waals surface area contributed by atoms with Gasteiger partial charge >= 0.3 is 0 Å². The number of allylic oxidation sites excluding steroid dienone is 5. The second-order valence-corrected chi connectivity index (χ2v) is 16.0. The van der Waals surface area contributed by atoms with Crippen LogP contribution in [-0.2, 0) is 8.85 Å². The highest BCUT2D eigenvalue weighted by Crippen LogP contribution is 2.21. The Labute approximate surface area is 221 Å². The van der Waals surface area contributed by atoms with Crippen LogP contribution < -0.4 is 10.4 Å². The van der Waals surface area contributed by atoms with Crippen molar-refractivity contribution < 1.29 is 8.85 Å². The van der Waals surface area contributed by atoms with Gasteiger partial charge in [0.15, 0.2) is 0 Å². The van der Waals surface area contributed by atoms with Gasteiger partial charge in [-0.3, -0.25) is 0 Å². The van der Waals surface area contributed by atoms with Crippen LogP contribution in [0.4, 0.5) is 0 Å². The molecule has 188 valence electrons. The maximum atomic E-state index is 6.29. The molecule has 2 aromatic carbocycles. The predicted octanol–water partition coefficient (Wildman–Crippen LogP) is 6.87. The van der Waals surface area contributed by atoms with Crippen molar-refractivity contribution in [3.8, 4) is 11.8 Å². The van der Waals surface area contributed by atoms with Gasteiger partial charge in [-0.25, -0.2) is 0 Å². The summed E-state index contributed by atoms with van der Waals surface area (Å²) in [6.07, 6.45) is 11.8. The summed E-state index contributed by atoms with van der Waals surface area (Å²) in [6, 6.07) is 20.6. The first kappa shape index (κ1) is 29.3. The van der Waals surface area contributed by atoms with Gasteiger partial charge in [0.1, 0.15) is 0 Å². The molecule has 2 rings (SSSR count). The zero-order valence-corrected chi connectivity index (χ0v) is 24.0. The molecule has 0 saturated carbocycles. The van der Waals surface area contributed by atoms with Crippen molar-refractivity contribution in [2.24, 2.45) is 0 Å². The fraction of sp³-hybridized carbons (Fsp3) is 0.250. The molecule has 2 nitrogen and oxygen atoms in total. The van der Waals surface area contributed by atoms with Gasteiger partial charge in [0, 0.05) is 18.8 Å². The second-order valence-electron chi connectivity index (χ2n) is 8.63. The lowest BCUT2D eigenvalue weighted by atomic mass is 10.2. The van der Waals surface area contributed by atoms with Gasteiger partial charge in [0.25, 0.3) is 0 Å². The predicted molar refractivity (Wildman–Crippen MR) is 163 cm³/mol. The van der Waals surface area contributed by atoms with E-state index in [4.69, 9.17) is 8.85 Å². The molecule has 4 heteroatoms. The zero-order valence-electron chi connectivity index (χ0n) is 22.0. The van der Waals surface area contributed by atoms with Crippen LogP contribution in [0.15, 0.2) is 105 Å². The van der Waals surface area contributed by atoms with Crippen LogP contribution in [0, 0.1) is 11.8 Å². The van der Waals surface area contributed by atoms with Crippen LogP contribution >= 0.6 is 0 Å². The molecule has 0 saturated heterocycles. The van der Waals surface area contributed by atoms with Crippen molar-refractivity contribution in [3.05, 3.63) is 116 Å². The first-order valence-electron chi connectivity index (χ1n) is 12.6. The highest BCUT2D eigenvalue weighted by atomic mass is 28.4. The number of rotatable bonds is 15. The van der Waals surface area contributed by atoms with Crippen molar-refractivity contribution in [2.75, 3.05) is 13.2 Å². The molecule has 36 heavy (non-hydrogen) atoms. The fourth-order valence-electron chi connectivity index (χ4n) is 4.54. The van der Waals surface area contributed by atoms with Gasteiger partial charge in [0.2, 0.25) is 16.6 Å². The normalized spacial score (nSPS) is 11.5. The van der Waals surface area contributed by atoms with Crippen molar-refractivity contribution in [1.82, 2.24) is 0 Å². The molecule has 0 aliphatic heterocycles. The van der Waals surface area contributed by atoms with E-state index >= 15 is 0 Å². The highest BCUT2D eigenvalue weighted by molar-refractivity contribution is 6.87. The molecule has 0 unspecified atom stereocenters. The molecule has 2 aromatic rings. The van der Waals surface area contributed by atoms with Crippen LogP contribution in [0.5, 0.6) is 0 Å². The Bertz CT molecular complexity index is 1070. The van der Waals surface area contributed by atoms with Gasteiger partial charge in [-0.2, -0.15) is 0 Å². The van der Waals surface area contributed by atoms with Crippen molar-refractivity contribution in [3.63, 3.8) is 0 Å². The molecule has 0 N–H and O–H groups in total. The largest absolute Gasteiger partial charge is 0.412 e. The zero-order chi connectivity index (χ0) is 26.3. The Kier molecular flexibility index (Phi) is 12.4. The van der Waals surface area contributed by atoms with Crippen LogP contribution in [0.25, 0.3) is 6.08 Å². The van der Waals surface area contributed by atoms with Crippen molar-refractivity contribution >= 4 is 33.1 Å². The first-order valence-corrected chi connectivity index (χ1v) is 17.3. The lowest BCUT2D eigenvalue weighted by Crippen LogP contribution is -2.50. The van der Waals surface area contributed by atoms with Gasteiger partial charge in [-0.1, -0.05) is 72.5 Å². The van der Waals surface area contributed by atoms with E-state index in [1.807, 2.05) is 43.4 Å². The summed E-state index contributed by atoms with van der Waals surface area (Å²) in [6.45, 7) is 21.3. The highest BCUT2D eigenvalue weighted by Gasteiger charge is 2.35. The number of hydrogen-bond donors (Lipinski definition) is 0. The Balaban J connectivity index is 2.16. The maximum absolute atomic E-state index is 6.29. The van der Waals surface area contributed by atoms with Gasteiger partial charge in [-0.05, 0) is 78.2 Å². The van der Waals surface area contributed by atoms with Gasteiger partial charge in [-0.15, -0.1) is 26.3 Å². The maximum Gasteiger partial charge on any atom is 0.231 e. The van der Waals surface area contributed by atoms with E-state index in [9.17, 15) is 0 Å². The molecular weight excluding hydrogens is 473 g/mol. The Morgan fingerprint density at radius 2 is 1.08 bits per heavy atom. The van der Waals surface area contributed by atoms with Crippen molar-refractivity contribution in [1.29, 1.82) is 0 Å². The van der Waals surface area contributed by atoms with Crippen LogP contribution in [0.1, 0.15) is 25.0 Å². The minimum absolute atomic E-state index is 0.693. The summed E-state index contributed by atoms with van der Waals surface area (Å²) in [5.41, 5.74) is 2.10. The average Bonchev–Trinajstić information content (AvgIpc) is 2.88. The minimum atomic E-state index is -2.13. The molecular formula is C32H40O2Si2. The molecule has 0 spiro atoms. The fourth-order valence-corrected chi connectivity index (χ4v) is 11.1. The summed E-state index contributed by atoms with van der Waals surface area (Å²) in [4.78, 5) is 0. The molecule has 0 bridgehead atoms.